The topological polar surface area (TPSA) is 816 Å². The van der Waals surface area contributed by atoms with Crippen molar-refractivity contribution >= 4 is 116 Å². The van der Waals surface area contributed by atoms with Gasteiger partial charge in [0.05, 0.1) is 0 Å². The van der Waals surface area contributed by atoms with Crippen LogP contribution < -0.4 is 60.2 Å². The fourth-order valence-electron chi connectivity index (χ4n) is 17.9. The molecule has 4 unspecified atom stereocenters. The fourth-order valence-corrected chi connectivity index (χ4v) is 26.5. The maximum absolute atomic E-state index is 12.9. The molecule has 33 N–H and O–H groups in total. The molecule has 1 aliphatic carbocycles. The first-order valence-electron chi connectivity index (χ1n) is 41.8. The molecule has 10 heterocycles. The molecule has 123 heavy (non-hydrogen) atoms. The lowest BCUT2D eigenvalue weighted by Gasteiger charge is -2.44. The highest BCUT2D eigenvalue weighted by Crippen LogP contribution is 2.40. The predicted molar refractivity (Wildman–Crippen MR) is 448 cm³/mol. The van der Waals surface area contributed by atoms with E-state index in [0.717, 1.165) is 68.8 Å². The number of rotatable bonds is 37. The first-order valence-corrected chi connectivity index (χ1v) is 48.9. The van der Waals surface area contributed by atoms with Crippen LogP contribution in [0.4, 0.5) is 0 Å². The van der Waals surface area contributed by atoms with Gasteiger partial charge in [-0.1, -0.05) is 51.4 Å². The van der Waals surface area contributed by atoms with Gasteiger partial charge in [0.15, 0.2) is 0 Å². The Labute approximate surface area is 720 Å². The van der Waals surface area contributed by atoms with Crippen LogP contribution in [0.25, 0.3) is 0 Å². The summed E-state index contributed by atoms with van der Waals surface area (Å²) in [5.74, 6) is -9.16. The van der Waals surface area contributed by atoms with Crippen LogP contribution in [0.3, 0.4) is 0 Å². The number of carboxylic acids is 5. The maximum Gasteiger partial charge on any atom is 0.451 e. The van der Waals surface area contributed by atoms with Gasteiger partial charge in [0.1, 0.15) is 27.7 Å². The molecule has 0 amide bonds. The first kappa shape index (κ1) is 106. The molecule has 49 nitrogen and oxygen atoms in total. The zero-order valence-corrected chi connectivity index (χ0v) is 73.2. The molecule has 59 heteroatoms. The summed E-state index contributed by atoms with van der Waals surface area (Å²) in [7, 11) is -26.3. The number of piperidine rings is 1. The molecule has 0 aromatic heterocycles. The van der Waals surface area contributed by atoms with Crippen molar-refractivity contribution in [1.29, 1.82) is 0 Å². The van der Waals surface area contributed by atoms with Crippen molar-refractivity contribution in [2.24, 2.45) is 69.7 Å². The Morgan fingerprint density at radius 3 is 0.976 bits per heavy atom. The highest BCUT2D eigenvalue weighted by molar-refractivity contribution is 7.88. The van der Waals surface area contributed by atoms with E-state index in [1.165, 1.54) is 17.2 Å². The average molecular weight is 1860 g/mol. The second-order valence-electron chi connectivity index (χ2n) is 34.7. The van der Waals surface area contributed by atoms with Crippen LogP contribution in [-0.2, 0) is 75.0 Å². The third-order valence-electron chi connectivity index (χ3n) is 25.7. The number of nitrogens with two attached hydrogens (primary N) is 7. The number of nitrogens with one attached hydrogen (secondary N) is 4. The molecule has 10 aliphatic heterocycles. The Morgan fingerprint density at radius 2 is 0.667 bits per heavy atom. The highest BCUT2D eigenvalue weighted by atomic mass is 32.2. The Hall–Kier alpha value is -3.74. The predicted octanol–water partition coefficient (Wildman–Crippen LogP) is -11.6. The Balaban J connectivity index is 0.000000211. The summed E-state index contributed by atoms with van der Waals surface area (Å²) in [6.45, 7) is 2.22. The number of nitrogens with zero attached hydrogens (tertiary/aromatic N) is 8. The molecule has 11 aliphatic rings. The van der Waals surface area contributed by atoms with Crippen molar-refractivity contribution in [3.63, 3.8) is 0 Å². The summed E-state index contributed by atoms with van der Waals surface area (Å²) < 4.78 is 142. The average Bonchev–Trinajstić information content (AvgIpc) is 1.61. The van der Waals surface area contributed by atoms with Gasteiger partial charge >= 0.3 is 65.4 Å². The van der Waals surface area contributed by atoms with Gasteiger partial charge in [-0.3, -0.25) is 24.0 Å². The van der Waals surface area contributed by atoms with Crippen molar-refractivity contribution in [2.75, 3.05) is 118 Å². The van der Waals surface area contributed by atoms with Crippen molar-refractivity contribution in [3.8, 4) is 0 Å². The van der Waals surface area contributed by atoms with Crippen molar-refractivity contribution < 1.29 is 142 Å². The molecule has 1 saturated carbocycles. The summed E-state index contributed by atoms with van der Waals surface area (Å²) in [6, 6.07) is -0.441. The van der Waals surface area contributed by atoms with Crippen molar-refractivity contribution in [1.82, 2.24) is 54.5 Å². The largest absolute Gasteiger partial charge is 0.480 e. The van der Waals surface area contributed by atoms with E-state index in [0.29, 0.717) is 123 Å². The van der Waals surface area contributed by atoms with Crippen LogP contribution >= 0.6 is 0 Å². The highest BCUT2D eigenvalue weighted by Gasteiger charge is 2.60. The summed E-state index contributed by atoms with van der Waals surface area (Å²) in [4.78, 5) is 58.1. The standard InChI is InChI=1S/C14H28BN3O6S.C13H25BN4O6S.C13H27BN4O6S.2C12H25BN4O6S/c16-14(13(19)20)10-18(9-11(14)5-4-8-15(21)22)25(23,24)17-12-6-2-1-3-7-12;15-13(12(19)20)8-17(6-9(13)2-1-4-14(21)22)25(23,24)18-7-10-11(18)3-5-16-10;15-11-3-6-17(7-4-11)25(23,24)18-8-10(2-1-5-14(21)22)13(16,9-18)12(19)20;14-12(11(18)19)8-17(7-9(12)2-1-4-13(20)21)24(22,23)16-10-3-5-15-6-10;14-10-3-5-16(7-10)24(22,23)17-6-9(2-1-4-13(20)21)12(15,8-17)11(18)19/h11-12,17,21-22H,1-10,16H2,(H,19,20);9-11,16,21-22H,1-8,15H2,(H,19,20);10-11,21-22H,1-9,15-16H2,(H,19,20);9-10,15-16,20-21H,1-8,14H2,(H,18,19);9-10,20-21H,1-8,14-15H2,(H,18,19)/t11-,14-;9-,10?,11?,13-;10-,13-;2*9-,10?,12-/m00000/s1. The summed E-state index contributed by atoms with van der Waals surface area (Å²) in [5.41, 5.74) is 33.3. The lowest BCUT2D eigenvalue weighted by Crippen LogP contribution is -2.65. The molecular weight excluding hydrogens is 1730 g/mol. The second kappa shape index (κ2) is 44.9. The van der Waals surface area contributed by atoms with E-state index in [-0.39, 0.29) is 140 Å². The third-order valence-corrected chi connectivity index (χ3v) is 34.7. The van der Waals surface area contributed by atoms with Crippen molar-refractivity contribution in [2.45, 2.75) is 224 Å². The van der Waals surface area contributed by atoms with Crippen LogP contribution in [0, 0.1) is 29.6 Å². The van der Waals surface area contributed by atoms with E-state index in [9.17, 15) is 91.6 Å². The monoisotopic (exact) mass is 1860 g/mol. The Kier molecular flexibility index (Phi) is 38.8. The lowest BCUT2D eigenvalue weighted by molar-refractivity contribution is -0.145. The SMILES string of the molecule is NC1CCN(S(=O)(=O)N2C[C@H](CCCB(O)O)[C@](N)(C(=O)O)C2)C1.NC1CCN(S(=O)(=O)N2C[C@H](CCCB(O)O)[C@](N)(C(=O)O)C2)CC1.N[C@@]1(C(=O)O)CN(S(=O)(=O)N2CC3NCCC32)C[C@@H]1CCCB(O)O.N[C@@]1(C(=O)O)CN(S(=O)(=O)NC2CCCCC2)C[C@@H]1CCCB(O)O.N[C@@]1(C(=O)O)CN(S(=O)(=O)NC2CCNC2)C[C@@H]1CCCB(O)O. The van der Waals surface area contributed by atoms with Crippen LogP contribution in [0.2, 0.25) is 31.6 Å². The molecular formula is C64H130B5N19O30S5. The zero-order chi connectivity index (χ0) is 92.0. The van der Waals surface area contributed by atoms with Crippen LogP contribution in [0.5, 0.6) is 0 Å². The minimum Gasteiger partial charge on any atom is -0.480 e. The van der Waals surface area contributed by atoms with Crippen LogP contribution in [0.15, 0.2) is 0 Å². The van der Waals surface area contributed by atoms with Crippen LogP contribution in [-0.4, -0.2) is 399 Å². The van der Waals surface area contributed by atoms with E-state index >= 15 is 0 Å². The van der Waals surface area contributed by atoms with Gasteiger partial charge in [-0.25, -0.2) is 0 Å². The van der Waals surface area contributed by atoms with Crippen LogP contribution in [0.1, 0.15) is 128 Å². The number of fused-ring (bicyclic) bond motifs is 1. The lowest BCUT2D eigenvalue weighted by atomic mass is 9.78. The normalized spacial score (nSPS) is 31.8. The molecule has 0 aromatic carbocycles. The Bertz CT molecular complexity index is 4100. The number of hydrogen-bond acceptors (Lipinski definition) is 34. The zero-order valence-electron chi connectivity index (χ0n) is 69.1. The first-order chi connectivity index (χ1) is 57.1. The molecule has 10 saturated heterocycles. The molecule has 14 atom stereocenters. The third kappa shape index (κ3) is 27.5. The minimum atomic E-state index is -3.82. The summed E-state index contributed by atoms with van der Waals surface area (Å²) in [6.07, 6.45) is 11.5. The van der Waals surface area contributed by atoms with Crippen molar-refractivity contribution in [3.05, 3.63) is 0 Å². The van der Waals surface area contributed by atoms with E-state index in [2.05, 4.69) is 20.1 Å². The number of carboxylic acid groups (broad SMARTS) is 5. The van der Waals surface area contributed by atoms with Gasteiger partial charge < -0.3 is 127 Å². The summed E-state index contributed by atoms with van der Waals surface area (Å²) in [5, 5.41) is 143. The van der Waals surface area contributed by atoms with Gasteiger partial charge in [-0.15, -0.1) is 0 Å². The van der Waals surface area contributed by atoms with Gasteiger partial charge in [-0.05, 0) is 122 Å². The molecule has 11 fully saturated rings. The number of carbonyl (C=O) groups is 5. The van der Waals surface area contributed by atoms with E-state index in [4.69, 9.17) is 90.4 Å². The fraction of sp³-hybridized carbons (Fsp3) is 0.922. The Morgan fingerprint density at radius 1 is 0.358 bits per heavy atom. The molecule has 11 rings (SSSR count). The van der Waals surface area contributed by atoms with E-state index < -0.39 is 174 Å². The molecule has 0 bridgehead atoms. The molecule has 706 valence electrons. The number of hydrogen-bond donors (Lipinski definition) is 26. The van der Waals surface area contributed by atoms with E-state index in [1.807, 2.05) is 0 Å². The number of aliphatic carboxylic acids is 5. The maximum atomic E-state index is 12.9. The molecule has 0 spiro atoms. The van der Waals surface area contributed by atoms with Gasteiger partial charge in [0, 0.05) is 171 Å². The molecule has 0 aromatic rings. The smallest absolute Gasteiger partial charge is 0.451 e. The minimum absolute atomic E-state index is 0.000193. The quantitative estimate of drug-likeness (QED) is 0.0257. The molecule has 0 radical (unpaired) electrons. The van der Waals surface area contributed by atoms with Gasteiger partial charge in [0.25, 0.3) is 51.0 Å². The van der Waals surface area contributed by atoms with Gasteiger partial charge in [0.2, 0.25) is 0 Å². The van der Waals surface area contributed by atoms with Gasteiger partial charge in [-0.2, -0.15) is 86.0 Å². The van der Waals surface area contributed by atoms with E-state index in [1.54, 1.807) is 0 Å². The second-order valence-corrected chi connectivity index (χ2v) is 43.8. The summed E-state index contributed by atoms with van der Waals surface area (Å²) >= 11 is 0.